The van der Waals surface area contributed by atoms with Crippen LogP contribution in [-0.4, -0.2) is 30.4 Å². The van der Waals surface area contributed by atoms with E-state index in [0.717, 1.165) is 43.1 Å². The number of rotatable bonds is 7. The molecule has 0 saturated carbocycles. The van der Waals surface area contributed by atoms with Crippen LogP contribution in [0.4, 0.5) is 0 Å². The number of para-hydroxylation sites is 2. The Morgan fingerprint density at radius 3 is 2.52 bits per heavy atom. The first-order valence-electron chi connectivity index (χ1n) is 7.88. The third kappa shape index (κ3) is 3.54. The van der Waals surface area contributed by atoms with E-state index in [4.69, 9.17) is 14.5 Å². The lowest BCUT2D eigenvalue weighted by molar-refractivity contribution is 0.190. The summed E-state index contributed by atoms with van der Waals surface area (Å²) in [5, 5.41) is 0. The summed E-state index contributed by atoms with van der Waals surface area (Å²) < 4.78 is 12.7. The monoisotopic (exact) mass is 310 g/mol. The van der Waals surface area contributed by atoms with Crippen LogP contribution in [0.15, 0.2) is 48.5 Å². The highest BCUT2D eigenvalue weighted by atomic mass is 16.5. The number of aromatic nitrogens is 2. The number of hydrogen-bond acceptors (Lipinski definition) is 3. The van der Waals surface area contributed by atoms with E-state index in [1.165, 1.54) is 11.1 Å². The highest BCUT2D eigenvalue weighted by Crippen LogP contribution is 2.20. The molecule has 0 saturated heterocycles. The third-order valence-corrected chi connectivity index (χ3v) is 3.99. The number of ether oxygens (including phenoxy) is 2. The molecule has 3 aromatic rings. The molecule has 0 N–H and O–H groups in total. The van der Waals surface area contributed by atoms with Crippen molar-refractivity contribution in [3.8, 4) is 5.75 Å². The summed E-state index contributed by atoms with van der Waals surface area (Å²) in [6.45, 7) is 1.67. The molecule has 0 unspecified atom stereocenters. The first-order valence-corrected chi connectivity index (χ1v) is 7.88. The molecule has 23 heavy (non-hydrogen) atoms. The van der Waals surface area contributed by atoms with Crippen molar-refractivity contribution in [2.75, 3.05) is 20.8 Å². The average molecular weight is 310 g/mol. The molecule has 0 aliphatic heterocycles. The van der Waals surface area contributed by atoms with Gasteiger partial charge in [-0.15, -0.1) is 0 Å². The molecule has 0 bridgehead atoms. The van der Waals surface area contributed by atoms with Gasteiger partial charge in [-0.05, 0) is 36.2 Å². The molecule has 0 aliphatic rings. The van der Waals surface area contributed by atoms with Crippen molar-refractivity contribution in [1.29, 1.82) is 0 Å². The van der Waals surface area contributed by atoms with Gasteiger partial charge in [-0.1, -0.05) is 24.3 Å². The second kappa shape index (κ2) is 7.29. The van der Waals surface area contributed by atoms with Gasteiger partial charge < -0.3 is 14.0 Å². The maximum atomic E-state index is 5.22. The van der Waals surface area contributed by atoms with Gasteiger partial charge in [0.1, 0.15) is 11.6 Å². The van der Waals surface area contributed by atoms with Gasteiger partial charge in [-0.2, -0.15) is 0 Å². The van der Waals surface area contributed by atoms with Crippen LogP contribution in [-0.2, 0) is 17.7 Å². The maximum Gasteiger partial charge on any atom is 0.118 e. The van der Waals surface area contributed by atoms with E-state index in [0.29, 0.717) is 0 Å². The van der Waals surface area contributed by atoms with Gasteiger partial charge in [0.05, 0.1) is 18.1 Å². The first-order chi connectivity index (χ1) is 11.3. The Labute approximate surface area is 136 Å². The summed E-state index contributed by atoms with van der Waals surface area (Å²) in [7, 11) is 3.43. The Balaban J connectivity index is 1.89. The van der Waals surface area contributed by atoms with Crippen LogP contribution in [0.2, 0.25) is 0 Å². The van der Waals surface area contributed by atoms with Crippen molar-refractivity contribution in [3.63, 3.8) is 0 Å². The standard InChI is InChI=1S/C19H22N2O2/c1-22-13-5-12-21-18-7-4-3-6-17(18)20-19(21)14-15-8-10-16(23-2)11-9-15/h3-4,6-11H,5,12-14H2,1-2H3. The van der Waals surface area contributed by atoms with E-state index in [2.05, 4.69) is 34.9 Å². The van der Waals surface area contributed by atoms with Gasteiger partial charge in [-0.3, -0.25) is 0 Å². The van der Waals surface area contributed by atoms with Crippen LogP contribution in [0.1, 0.15) is 17.8 Å². The molecule has 3 rings (SSSR count). The maximum absolute atomic E-state index is 5.22. The number of fused-ring (bicyclic) bond motifs is 1. The van der Waals surface area contributed by atoms with Gasteiger partial charge in [0.25, 0.3) is 0 Å². The number of benzene rings is 2. The summed E-state index contributed by atoms with van der Waals surface area (Å²) in [5.74, 6) is 1.97. The number of methoxy groups -OCH3 is 2. The largest absolute Gasteiger partial charge is 0.497 e. The molecule has 120 valence electrons. The highest BCUT2D eigenvalue weighted by Gasteiger charge is 2.11. The lowest BCUT2D eigenvalue weighted by Gasteiger charge is -2.09. The number of imidazole rings is 1. The lowest BCUT2D eigenvalue weighted by Crippen LogP contribution is -2.07. The number of aryl methyl sites for hydroxylation is 1. The van der Waals surface area contributed by atoms with Crippen molar-refractivity contribution in [3.05, 3.63) is 59.9 Å². The summed E-state index contributed by atoms with van der Waals surface area (Å²) in [5.41, 5.74) is 3.47. The Hall–Kier alpha value is -2.33. The van der Waals surface area contributed by atoms with Gasteiger partial charge in [-0.25, -0.2) is 4.98 Å². The van der Waals surface area contributed by atoms with Gasteiger partial charge in [0, 0.05) is 26.7 Å². The summed E-state index contributed by atoms with van der Waals surface area (Å²) >= 11 is 0. The predicted molar refractivity (Wildman–Crippen MR) is 92.0 cm³/mol. The molecule has 0 amide bonds. The molecule has 0 fully saturated rings. The highest BCUT2D eigenvalue weighted by molar-refractivity contribution is 5.76. The summed E-state index contributed by atoms with van der Waals surface area (Å²) in [4.78, 5) is 4.82. The lowest BCUT2D eigenvalue weighted by atomic mass is 10.1. The van der Waals surface area contributed by atoms with Crippen molar-refractivity contribution in [2.24, 2.45) is 0 Å². The zero-order chi connectivity index (χ0) is 16.1. The molecule has 0 atom stereocenters. The van der Waals surface area contributed by atoms with Gasteiger partial charge in [0.15, 0.2) is 0 Å². The molecule has 0 spiro atoms. The Morgan fingerprint density at radius 1 is 1.00 bits per heavy atom. The first kappa shape index (κ1) is 15.6. The summed E-state index contributed by atoms with van der Waals surface area (Å²) in [6.07, 6.45) is 1.79. The molecule has 1 heterocycles. The van der Waals surface area contributed by atoms with Gasteiger partial charge in [0.2, 0.25) is 0 Å². The Bertz CT molecular complexity index is 763. The fourth-order valence-electron chi connectivity index (χ4n) is 2.80. The van der Waals surface area contributed by atoms with Crippen LogP contribution in [0, 0.1) is 0 Å². The van der Waals surface area contributed by atoms with Crippen molar-refractivity contribution >= 4 is 11.0 Å². The van der Waals surface area contributed by atoms with Crippen LogP contribution in [0.3, 0.4) is 0 Å². The second-order valence-electron chi connectivity index (χ2n) is 5.54. The second-order valence-corrected chi connectivity index (χ2v) is 5.54. The van der Waals surface area contributed by atoms with Crippen LogP contribution in [0.5, 0.6) is 5.75 Å². The molecule has 4 heteroatoms. The van der Waals surface area contributed by atoms with Crippen LogP contribution >= 0.6 is 0 Å². The Morgan fingerprint density at radius 2 is 1.78 bits per heavy atom. The number of hydrogen-bond donors (Lipinski definition) is 0. The van der Waals surface area contributed by atoms with Crippen molar-refractivity contribution in [1.82, 2.24) is 9.55 Å². The summed E-state index contributed by atoms with van der Waals surface area (Å²) in [6, 6.07) is 16.5. The Kier molecular flexibility index (Phi) is 4.93. The third-order valence-electron chi connectivity index (χ3n) is 3.99. The smallest absolute Gasteiger partial charge is 0.118 e. The molecule has 0 radical (unpaired) electrons. The molecule has 4 nitrogen and oxygen atoms in total. The average Bonchev–Trinajstić information content (AvgIpc) is 2.93. The molecular formula is C19H22N2O2. The van der Waals surface area contributed by atoms with E-state index in [1.54, 1.807) is 14.2 Å². The molecule has 1 aromatic heterocycles. The molecule has 0 aliphatic carbocycles. The van der Waals surface area contributed by atoms with E-state index in [1.807, 2.05) is 18.2 Å². The minimum atomic E-state index is 0.758. The minimum absolute atomic E-state index is 0.758. The molecular weight excluding hydrogens is 288 g/mol. The number of nitrogens with zero attached hydrogens (tertiary/aromatic N) is 2. The quantitative estimate of drug-likeness (QED) is 0.625. The fraction of sp³-hybridized carbons (Fsp3) is 0.316. The van der Waals surface area contributed by atoms with E-state index in [9.17, 15) is 0 Å². The van der Waals surface area contributed by atoms with Gasteiger partial charge >= 0.3 is 0 Å². The molecule has 2 aromatic carbocycles. The van der Waals surface area contributed by atoms with Crippen LogP contribution in [0.25, 0.3) is 11.0 Å². The zero-order valence-corrected chi connectivity index (χ0v) is 13.7. The van der Waals surface area contributed by atoms with Crippen molar-refractivity contribution < 1.29 is 9.47 Å². The van der Waals surface area contributed by atoms with E-state index < -0.39 is 0 Å². The van der Waals surface area contributed by atoms with Crippen molar-refractivity contribution in [2.45, 2.75) is 19.4 Å². The normalized spacial score (nSPS) is 11.0. The van der Waals surface area contributed by atoms with Crippen LogP contribution < -0.4 is 4.74 Å². The SMILES string of the molecule is COCCCn1c(Cc2ccc(OC)cc2)nc2ccccc21. The fourth-order valence-corrected chi connectivity index (χ4v) is 2.80. The predicted octanol–water partition coefficient (Wildman–Crippen LogP) is 3.67. The topological polar surface area (TPSA) is 36.3 Å². The minimum Gasteiger partial charge on any atom is -0.497 e. The van der Waals surface area contributed by atoms with E-state index in [-0.39, 0.29) is 0 Å². The zero-order valence-electron chi connectivity index (χ0n) is 13.7. The van der Waals surface area contributed by atoms with E-state index >= 15 is 0 Å².